The second-order valence-electron chi connectivity index (χ2n) is 7.78. The molecule has 1 aromatic rings. The van der Waals surface area contributed by atoms with Crippen molar-refractivity contribution in [2.24, 2.45) is 0 Å². The molecule has 1 aliphatic heterocycles. The molecule has 0 aliphatic carbocycles. The molecule has 2 atom stereocenters. The predicted molar refractivity (Wildman–Crippen MR) is 99.0 cm³/mol. The first-order valence-electron chi connectivity index (χ1n) is 8.28. The van der Waals surface area contributed by atoms with E-state index < -0.39 is 26.0 Å². The van der Waals surface area contributed by atoms with E-state index in [9.17, 15) is 4.79 Å². The Kier molecular flexibility index (Phi) is 5.08. The summed E-state index contributed by atoms with van der Waals surface area (Å²) in [7, 11) is 0.802. The first-order valence-corrected chi connectivity index (χ1v) is 11.2. The van der Waals surface area contributed by atoms with Crippen molar-refractivity contribution in [3.63, 3.8) is 0 Å². The first-order chi connectivity index (χ1) is 11.5. The minimum Gasteiger partial charge on any atom is -0.544 e. The topological polar surface area (TPSA) is 57.3 Å². The number of carbonyl (C=O) groups excluding carboxylic acids is 1. The van der Waals surface area contributed by atoms with E-state index in [0.29, 0.717) is 5.76 Å². The van der Waals surface area contributed by atoms with E-state index in [2.05, 4.69) is 40.4 Å². The molecule has 5 nitrogen and oxygen atoms in total. The van der Waals surface area contributed by atoms with Crippen LogP contribution in [0.1, 0.15) is 32.4 Å². The number of ether oxygens (including phenoxy) is 3. The van der Waals surface area contributed by atoms with Crippen molar-refractivity contribution in [1.82, 2.24) is 0 Å². The molecular formula is C19H28O5Si. The first kappa shape index (κ1) is 19.5. The Morgan fingerprint density at radius 1 is 1.20 bits per heavy atom. The van der Waals surface area contributed by atoms with Crippen LogP contribution in [0, 0.1) is 0 Å². The number of hydrogen-bond donors (Lipinski definition) is 0. The van der Waals surface area contributed by atoms with Crippen LogP contribution in [0.4, 0.5) is 0 Å². The summed E-state index contributed by atoms with van der Waals surface area (Å²) in [6, 6.07) is 7.40. The van der Waals surface area contributed by atoms with Gasteiger partial charge in [-0.3, -0.25) is 0 Å². The van der Waals surface area contributed by atoms with Gasteiger partial charge in [-0.1, -0.05) is 39.5 Å². The van der Waals surface area contributed by atoms with Crippen LogP contribution in [-0.2, 0) is 18.7 Å². The third kappa shape index (κ3) is 3.46. The lowest BCUT2D eigenvalue weighted by Crippen LogP contribution is -2.43. The SMILES string of the molecule is C=C(O[Si](C)(C)C(C)(C)C)[C@]1(C(=O)OC)O[C@H]1c1ccc(OC)cc1. The van der Waals surface area contributed by atoms with Crippen molar-refractivity contribution >= 4 is 14.3 Å². The fourth-order valence-corrected chi connectivity index (χ4v) is 3.48. The zero-order chi connectivity index (χ0) is 19.0. The van der Waals surface area contributed by atoms with Gasteiger partial charge in [0, 0.05) is 0 Å². The number of esters is 1. The van der Waals surface area contributed by atoms with Crippen LogP contribution < -0.4 is 4.74 Å². The molecule has 25 heavy (non-hydrogen) atoms. The van der Waals surface area contributed by atoms with Gasteiger partial charge >= 0.3 is 5.97 Å². The number of benzene rings is 1. The molecular weight excluding hydrogens is 336 g/mol. The van der Waals surface area contributed by atoms with Gasteiger partial charge < -0.3 is 18.6 Å². The number of hydrogen-bond acceptors (Lipinski definition) is 5. The van der Waals surface area contributed by atoms with Crippen LogP contribution >= 0.6 is 0 Å². The predicted octanol–water partition coefficient (Wildman–Crippen LogP) is 4.21. The molecule has 0 bridgehead atoms. The summed E-state index contributed by atoms with van der Waals surface area (Å²) < 4.78 is 22.2. The van der Waals surface area contributed by atoms with Crippen LogP contribution in [-0.4, -0.2) is 34.1 Å². The maximum Gasteiger partial charge on any atom is 0.349 e. The Morgan fingerprint density at radius 2 is 1.76 bits per heavy atom. The molecule has 0 saturated carbocycles. The molecule has 0 spiro atoms. The number of methoxy groups -OCH3 is 2. The standard InChI is InChI=1S/C19H28O5Si/c1-13(24-25(7,8)18(2,3)4)19(17(20)22-6)16(23-19)14-9-11-15(21-5)12-10-14/h9-12,16H,1H2,2-8H3/t16-,19-/m0/s1. The van der Waals surface area contributed by atoms with Gasteiger partial charge in [-0.05, 0) is 35.8 Å². The molecule has 1 saturated heterocycles. The lowest BCUT2D eigenvalue weighted by atomic mass is 9.98. The van der Waals surface area contributed by atoms with Gasteiger partial charge in [0.05, 0.1) is 14.2 Å². The Bertz CT molecular complexity index is 659. The minimum atomic E-state index is -2.15. The van der Waals surface area contributed by atoms with E-state index in [-0.39, 0.29) is 5.04 Å². The van der Waals surface area contributed by atoms with Gasteiger partial charge in [-0.25, -0.2) is 4.79 Å². The van der Waals surface area contributed by atoms with Crippen LogP contribution in [0.2, 0.25) is 18.1 Å². The highest BCUT2D eigenvalue weighted by Crippen LogP contribution is 2.56. The van der Waals surface area contributed by atoms with Crippen LogP contribution in [0.25, 0.3) is 0 Å². The minimum absolute atomic E-state index is 0.0161. The maximum absolute atomic E-state index is 12.5. The van der Waals surface area contributed by atoms with Gasteiger partial charge in [0.15, 0.2) is 0 Å². The molecule has 6 heteroatoms. The second-order valence-corrected chi connectivity index (χ2v) is 12.5. The zero-order valence-corrected chi connectivity index (χ0v) is 17.1. The lowest BCUT2D eigenvalue weighted by molar-refractivity contribution is -0.146. The summed E-state index contributed by atoms with van der Waals surface area (Å²) in [4.78, 5) is 12.5. The average molecular weight is 365 g/mol. The highest BCUT2D eigenvalue weighted by Gasteiger charge is 2.68. The highest BCUT2D eigenvalue weighted by molar-refractivity contribution is 6.74. The summed E-state index contributed by atoms with van der Waals surface area (Å²) in [5.74, 6) is 0.577. The van der Waals surface area contributed by atoms with E-state index in [1.54, 1.807) is 7.11 Å². The van der Waals surface area contributed by atoms with Crippen molar-refractivity contribution in [3.8, 4) is 5.75 Å². The largest absolute Gasteiger partial charge is 0.544 e. The van der Waals surface area contributed by atoms with E-state index in [1.807, 2.05) is 24.3 Å². The smallest absolute Gasteiger partial charge is 0.349 e. The molecule has 0 aromatic heterocycles. The van der Waals surface area contributed by atoms with Gasteiger partial charge in [0.2, 0.25) is 8.32 Å². The summed E-state index contributed by atoms with van der Waals surface area (Å²) in [6.07, 6.45) is -0.469. The zero-order valence-electron chi connectivity index (χ0n) is 16.1. The van der Waals surface area contributed by atoms with Crippen LogP contribution in [0.3, 0.4) is 0 Å². The fraction of sp³-hybridized carbons (Fsp3) is 0.526. The quantitative estimate of drug-likeness (QED) is 0.327. The Balaban J connectivity index is 2.29. The monoisotopic (exact) mass is 364 g/mol. The fourth-order valence-electron chi connectivity index (χ4n) is 2.40. The highest BCUT2D eigenvalue weighted by atomic mass is 28.4. The molecule has 2 rings (SSSR count). The normalized spacial score (nSPS) is 22.9. The van der Waals surface area contributed by atoms with E-state index in [0.717, 1.165) is 11.3 Å². The summed E-state index contributed by atoms with van der Waals surface area (Å²) in [5, 5.41) is -0.0161. The van der Waals surface area contributed by atoms with E-state index in [4.69, 9.17) is 18.6 Å². The molecule has 0 radical (unpaired) electrons. The molecule has 1 fully saturated rings. The van der Waals surface area contributed by atoms with Crippen molar-refractivity contribution in [2.45, 2.75) is 50.6 Å². The molecule has 1 heterocycles. The molecule has 1 aromatic carbocycles. The number of carbonyl (C=O) groups is 1. The third-order valence-corrected chi connectivity index (χ3v) is 9.49. The molecule has 0 unspecified atom stereocenters. The van der Waals surface area contributed by atoms with E-state index in [1.165, 1.54) is 7.11 Å². The van der Waals surface area contributed by atoms with Gasteiger partial charge in [0.1, 0.15) is 17.6 Å². The van der Waals surface area contributed by atoms with Crippen molar-refractivity contribution < 1.29 is 23.4 Å². The summed E-state index contributed by atoms with van der Waals surface area (Å²) >= 11 is 0. The summed E-state index contributed by atoms with van der Waals surface area (Å²) in [5.41, 5.74) is -0.426. The van der Waals surface area contributed by atoms with Crippen molar-refractivity contribution in [2.75, 3.05) is 14.2 Å². The molecule has 0 N–H and O–H groups in total. The Morgan fingerprint density at radius 3 is 2.20 bits per heavy atom. The number of rotatable bonds is 6. The molecule has 1 aliphatic rings. The molecule has 0 amide bonds. The molecule has 138 valence electrons. The third-order valence-electron chi connectivity index (χ3n) is 5.12. The van der Waals surface area contributed by atoms with Gasteiger partial charge in [-0.15, -0.1) is 0 Å². The Hall–Kier alpha value is -1.79. The van der Waals surface area contributed by atoms with Crippen molar-refractivity contribution in [1.29, 1.82) is 0 Å². The van der Waals surface area contributed by atoms with Crippen LogP contribution in [0.5, 0.6) is 5.75 Å². The maximum atomic E-state index is 12.5. The Labute approximate surface area is 151 Å². The lowest BCUT2D eigenvalue weighted by Gasteiger charge is -2.37. The van der Waals surface area contributed by atoms with Crippen LogP contribution in [0.15, 0.2) is 36.6 Å². The van der Waals surface area contributed by atoms with E-state index >= 15 is 0 Å². The number of epoxide rings is 1. The average Bonchev–Trinajstić information content (AvgIpc) is 3.29. The second kappa shape index (κ2) is 6.50. The summed E-state index contributed by atoms with van der Waals surface area (Å²) in [6.45, 7) is 14.6. The van der Waals surface area contributed by atoms with Gasteiger partial charge in [-0.2, -0.15) is 0 Å². The van der Waals surface area contributed by atoms with Crippen molar-refractivity contribution in [3.05, 3.63) is 42.2 Å². The van der Waals surface area contributed by atoms with Gasteiger partial charge in [0.25, 0.3) is 5.60 Å².